The van der Waals surface area contributed by atoms with Crippen LogP contribution in [0.1, 0.15) is 5.56 Å². The second kappa shape index (κ2) is 5.31. The fourth-order valence-electron chi connectivity index (χ4n) is 2.01. The molecule has 0 aliphatic heterocycles. The Morgan fingerprint density at radius 3 is 2.57 bits per heavy atom. The Morgan fingerprint density at radius 2 is 1.81 bits per heavy atom. The molecule has 0 amide bonds. The van der Waals surface area contributed by atoms with Gasteiger partial charge in [0.2, 0.25) is 0 Å². The van der Waals surface area contributed by atoms with Crippen LogP contribution in [0, 0.1) is 18.6 Å². The molecule has 0 aliphatic rings. The van der Waals surface area contributed by atoms with E-state index in [0.717, 1.165) is 10.5 Å². The van der Waals surface area contributed by atoms with Crippen molar-refractivity contribution >= 4 is 38.4 Å². The van der Waals surface area contributed by atoms with Crippen LogP contribution in [0.15, 0.2) is 34.8 Å². The quantitative estimate of drug-likeness (QED) is 0.544. The van der Waals surface area contributed by atoms with Crippen molar-refractivity contribution in [2.45, 2.75) is 6.92 Å². The minimum Gasteiger partial charge on any atom is -0.228 e. The molecule has 0 saturated heterocycles. The van der Waals surface area contributed by atoms with Crippen LogP contribution in [-0.4, -0.2) is 9.97 Å². The second-order valence-electron chi connectivity index (χ2n) is 4.58. The molecule has 0 fully saturated rings. The molecule has 0 unspecified atom stereocenters. The maximum Gasteiger partial charge on any atom is 0.164 e. The van der Waals surface area contributed by atoms with Gasteiger partial charge in [-0.3, -0.25) is 0 Å². The standard InChI is InChI=1S/C15H8BrClF2N2/c1-7-4-10(12(19)6-11(7)18)15-20-13-5-8(16)2-3-9(13)14(17)21-15/h2-6H,1H3. The van der Waals surface area contributed by atoms with Gasteiger partial charge in [-0.15, -0.1) is 0 Å². The molecule has 2 aromatic carbocycles. The monoisotopic (exact) mass is 368 g/mol. The number of halogens is 4. The first-order valence-electron chi connectivity index (χ1n) is 6.04. The van der Waals surface area contributed by atoms with Gasteiger partial charge in [0.05, 0.1) is 11.1 Å². The van der Waals surface area contributed by atoms with Gasteiger partial charge in [0.1, 0.15) is 16.8 Å². The predicted octanol–water partition coefficient (Wildman–Crippen LogP) is 5.30. The second-order valence-corrected chi connectivity index (χ2v) is 5.85. The van der Waals surface area contributed by atoms with Gasteiger partial charge in [0.15, 0.2) is 5.82 Å². The maximum absolute atomic E-state index is 14.0. The highest BCUT2D eigenvalue weighted by Gasteiger charge is 2.14. The van der Waals surface area contributed by atoms with Crippen LogP contribution in [-0.2, 0) is 0 Å². The number of rotatable bonds is 1. The first kappa shape index (κ1) is 14.4. The fourth-order valence-corrected chi connectivity index (χ4v) is 2.60. The molecule has 0 radical (unpaired) electrons. The summed E-state index contributed by atoms with van der Waals surface area (Å²) < 4.78 is 28.1. The third-order valence-corrected chi connectivity index (χ3v) is 3.88. The lowest BCUT2D eigenvalue weighted by Gasteiger charge is -2.07. The lowest BCUT2D eigenvalue weighted by atomic mass is 10.1. The van der Waals surface area contributed by atoms with Gasteiger partial charge in [-0.25, -0.2) is 18.7 Å². The third-order valence-electron chi connectivity index (χ3n) is 3.10. The lowest BCUT2D eigenvalue weighted by molar-refractivity contribution is 0.579. The Kier molecular flexibility index (Phi) is 3.63. The van der Waals surface area contributed by atoms with Gasteiger partial charge in [-0.1, -0.05) is 27.5 Å². The average Bonchev–Trinajstić information content (AvgIpc) is 2.42. The maximum atomic E-state index is 14.0. The molecule has 1 aromatic heterocycles. The van der Waals surface area contributed by atoms with Crippen molar-refractivity contribution < 1.29 is 8.78 Å². The Hall–Kier alpha value is -1.59. The summed E-state index contributed by atoms with van der Waals surface area (Å²) in [7, 11) is 0. The molecule has 106 valence electrons. The molecule has 0 bridgehead atoms. The van der Waals surface area contributed by atoms with Crippen molar-refractivity contribution in [1.29, 1.82) is 0 Å². The van der Waals surface area contributed by atoms with Gasteiger partial charge in [0, 0.05) is 15.9 Å². The topological polar surface area (TPSA) is 25.8 Å². The largest absolute Gasteiger partial charge is 0.228 e. The van der Waals surface area contributed by atoms with Crippen LogP contribution >= 0.6 is 27.5 Å². The summed E-state index contributed by atoms with van der Waals surface area (Å²) in [5.74, 6) is -1.19. The van der Waals surface area contributed by atoms with Crippen molar-refractivity contribution in [3.63, 3.8) is 0 Å². The number of fused-ring (bicyclic) bond motifs is 1. The summed E-state index contributed by atoms with van der Waals surface area (Å²) in [5.41, 5.74) is 1.03. The smallest absolute Gasteiger partial charge is 0.164 e. The van der Waals surface area contributed by atoms with Crippen molar-refractivity contribution in [2.24, 2.45) is 0 Å². The first-order valence-corrected chi connectivity index (χ1v) is 7.21. The summed E-state index contributed by atoms with van der Waals surface area (Å²) in [5, 5.41) is 0.895. The molecule has 2 nitrogen and oxygen atoms in total. The van der Waals surface area contributed by atoms with Crippen LogP contribution in [0.3, 0.4) is 0 Å². The van der Waals surface area contributed by atoms with E-state index in [1.807, 2.05) is 6.07 Å². The molecule has 3 aromatic rings. The molecule has 1 heterocycles. The highest BCUT2D eigenvalue weighted by Crippen LogP contribution is 2.29. The van der Waals surface area contributed by atoms with Gasteiger partial charge in [-0.05, 0) is 36.8 Å². The molecule has 21 heavy (non-hydrogen) atoms. The fraction of sp³-hybridized carbons (Fsp3) is 0.0667. The van der Waals surface area contributed by atoms with E-state index in [1.54, 1.807) is 19.1 Å². The van der Waals surface area contributed by atoms with Crippen LogP contribution in [0.25, 0.3) is 22.3 Å². The van der Waals surface area contributed by atoms with Crippen molar-refractivity contribution in [3.8, 4) is 11.4 Å². The van der Waals surface area contributed by atoms with Crippen molar-refractivity contribution in [1.82, 2.24) is 9.97 Å². The molecular weight excluding hydrogens is 362 g/mol. The van der Waals surface area contributed by atoms with Crippen LogP contribution in [0.4, 0.5) is 8.78 Å². The van der Waals surface area contributed by atoms with E-state index >= 15 is 0 Å². The first-order chi connectivity index (χ1) is 9.95. The molecule has 3 rings (SSSR count). The van der Waals surface area contributed by atoms with E-state index in [-0.39, 0.29) is 16.5 Å². The Labute approximate surface area is 132 Å². The van der Waals surface area contributed by atoms with Crippen molar-refractivity contribution in [3.05, 3.63) is 57.2 Å². The SMILES string of the molecule is Cc1cc(-c2nc(Cl)c3ccc(Br)cc3n2)c(F)cc1F. The van der Waals surface area contributed by atoms with E-state index < -0.39 is 11.6 Å². The molecular formula is C15H8BrClF2N2. The molecule has 0 saturated carbocycles. The number of hydrogen-bond acceptors (Lipinski definition) is 2. The minimum atomic E-state index is -0.719. The molecule has 6 heteroatoms. The van der Waals surface area contributed by atoms with E-state index in [1.165, 1.54) is 6.07 Å². The minimum absolute atomic E-state index is 0.123. The van der Waals surface area contributed by atoms with Crippen LogP contribution in [0.5, 0.6) is 0 Å². The highest BCUT2D eigenvalue weighted by atomic mass is 79.9. The average molecular weight is 370 g/mol. The normalized spacial score (nSPS) is 11.1. The Morgan fingerprint density at radius 1 is 1.05 bits per heavy atom. The van der Waals surface area contributed by atoms with Gasteiger partial charge < -0.3 is 0 Å². The zero-order chi connectivity index (χ0) is 15.1. The lowest BCUT2D eigenvalue weighted by Crippen LogP contribution is -1.96. The third kappa shape index (κ3) is 2.63. The number of aryl methyl sites for hydroxylation is 1. The summed E-state index contributed by atoms with van der Waals surface area (Å²) >= 11 is 9.47. The van der Waals surface area contributed by atoms with Crippen LogP contribution < -0.4 is 0 Å². The Balaban J connectivity index is 2.28. The highest BCUT2D eigenvalue weighted by molar-refractivity contribution is 9.10. The summed E-state index contributed by atoms with van der Waals surface area (Å²) in [6.45, 7) is 1.55. The zero-order valence-electron chi connectivity index (χ0n) is 10.8. The van der Waals surface area contributed by atoms with E-state index in [4.69, 9.17) is 11.6 Å². The van der Waals surface area contributed by atoms with E-state index in [9.17, 15) is 8.78 Å². The number of aromatic nitrogens is 2. The van der Waals surface area contributed by atoms with Crippen molar-refractivity contribution in [2.75, 3.05) is 0 Å². The summed E-state index contributed by atoms with van der Waals surface area (Å²) in [6.07, 6.45) is 0. The molecule has 0 aliphatic carbocycles. The predicted molar refractivity (Wildman–Crippen MR) is 82.3 cm³/mol. The number of benzene rings is 2. The molecule has 0 spiro atoms. The number of nitrogens with zero attached hydrogens (tertiary/aromatic N) is 2. The zero-order valence-corrected chi connectivity index (χ0v) is 13.1. The van der Waals surface area contributed by atoms with Gasteiger partial charge >= 0.3 is 0 Å². The Bertz CT molecular complexity index is 868. The summed E-state index contributed by atoms with van der Waals surface area (Å²) in [4.78, 5) is 8.42. The van der Waals surface area contributed by atoms with Crippen LogP contribution in [0.2, 0.25) is 5.15 Å². The van der Waals surface area contributed by atoms with Gasteiger partial charge in [-0.2, -0.15) is 0 Å². The molecule has 0 atom stereocenters. The molecule has 0 N–H and O–H groups in total. The summed E-state index contributed by atoms with van der Waals surface area (Å²) in [6, 6.07) is 7.56. The number of hydrogen-bond donors (Lipinski definition) is 0. The van der Waals surface area contributed by atoms with E-state index in [0.29, 0.717) is 16.5 Å². The van der Waals surface area contributed by atoms with E-state index in [2.05, 4.69) is 25.9 Å². The van der Waals surface area contributed by atoms with Gasteiger partial charge in [0.25, 0.3) is 0 Å².